The number of aromatic nitrogens is 1. The van der Waals surface area contributed by atoms with Crippen LogP contribution in [0.3, 0.4) is 0 Å². The molecule has 3 heterocycles. The minimum atomic E-state index is -4.52. The van der Waals surface area contributed by atoms with Gasteiger partial charge in [-0.3, -0.25) is 4.79 Å². The standard InChI is InChI=1S/C19H13F3N2O2S/c1-10-13-6-7-15(19(20,21)22)24-18(13)27-16(10)17(25)23-9-12-8-11-4-2-3-5-14(11)26-12/h2-8H,9H2,1H3,(H,23,25). The normalized spacial score (nSPS) is 12.0. The molecule has 0 radical (unpaired) electrons. The van der Waals surface area contributed by atoms with Crippen LogP contribution in [-0.2, 0) is 12.7 Å². The van der Waals surface area contributed by atoms with Crippen molar-refractivity contribution in [3.05, 3.63) is 64.4 Å². The molecular formula is C19H13F3N2O2S. The van der Waals surface area contributed by atoms with Gasteiger partial charge in [0.05, 0.1) is 11.4 Å². The molecule has 1 N–H and O–H groups in total. The number of amides is 1. The van der Waals surface area contributed by atoms with E-state index in [0.717, 1.165) is 28.4 Å². The summed E-state index contributed by atoms with van der Waals surface area (Å²) < 4.78 is 44.1. The number of nitrogens with zero attached hydrogens (tertiary/aromatic N) is 1. The Bertz CT molecular complexity index is 1130. The summed E-state index contributed by atoms with van der Waals surface area (Å²) in [4.78, 5) is 16.7. The highest BCUT2D eigenvalue weighted by molar-refractivity contribution is 7.20. The summed E-state index contributed by atoms with van der Waals surface area (Å²) in [5.74, 6) is 0.227. The van der Waals surface area contributed by atoms with E-state index in [4.69, 9.17) is 4.42 Å². The number of hydrogen-bond donors (Lipinski definition) is 1. The average Bonchev–Trinajstić information content (AvgIpc) is 3.19. The molecule has 4 rings (SSSR count). The molecule has 27 heavy (non-hydrogen) atoms. The van der Waals surface area contributed by atoms with E-state index in [1.165, 1.54) is 6.07 Å². The number of benzene rings is 1. The topological polar surface area (TPSA) is 55.1 Å². The largest absolute Gasteiger partial charge is 0.459 e. The summed E-state index contributed by atoms with van der Waals surface area (Å²) in [6.45, 7) is 1.88. The Hall–Kier alpha value is -2.87. The number of furan rings is 1. The fraction of sp³-hybridized carbons (Fsp3) is 0.158. The molecule has 8 heteroatoms. The summed E-state index contributed by atoms with van der Waals surface area (Å²) in [6.07, 6.45) is -4.52. The summed E-state index contributed by atoms with van der Waals surface area (Å²) in [7, 11) is 0. The lowest BCUT2D eigenvalue weighted by molar-refractivity contribution is -0.140. The third-order valence-electron chi connectivity index (χ3n) is 4.20. The summed E-state index contributed by atoms with van der Waals surface area (Å²) in [5, 5.41) is 4.23. The fourth-order valence-electron chi connectivity index (χ4n) is 2.85. The smallest absolute Gasteiger partial charge is 0.433 e. The van der Waals surface area contributed by atoms with Gasteiger partial charge in [-0.15, -0.1) is 11.3 Å². The molecule has 138 valence electrons. The number of thiophene rings is 1. The number of aryl methyl sites for hydroxylation is 1. The van der Waals surface area contributed by atoms with Crippen molar-refractivity contribution in [3.8, 4) is 0 Å². The van der Waals surface area contributed by atoms with Crippen molar-refractivity contribution in [2.45, 2.75) is 19.6 Å². The first kappa shape index (κ1) is 17.5. The Labute approximate surface area is 155 Å². The predicted molar refractivity (Wildman–Crippen MR) is 96.7 cm³/mol. The van der Waals surface area contributed by atoms with Crippen LogP contribution >= 0.6 is 11.3 Å². The van der Waals surface area contributed by atoms with Crippen LogP contribution in [0.5, 0.6) is 0 Å². The van der Waals surface area contributed by atoms with Crippen molar-refractivity contribution in [3.63, 3.8) is 0 Å². The van der Waals surface area contributed by atoms with Gasteiger partial charge in [0.2, 0.25) is 0 Å². The van der Waals surface area contributed by atoms with Crippen LogP contribution in [0, 0.1) is 6.92 Å². The Morgan fingerprint density at radius 3 is 2.74 bits per heavy atom. The summed E-state index contributed by atoms with van der Waals surface area (Å²) in [5.41, 5.74) is 0.368. The Kier molecular flexibility index (Phi) is 4.15. The number of nitrogens with one attached hydrogen (secondary N) is 1. The van der Waals surface area contributed by atoms with E-state index in [2.05, 4.69) is 10.3 Å². The predicted octanol–water partition coefficient (Wildman–Crippen LogP) is 5.30. The van der Waals surface area contributed by atoms with Crippen LogP contribution in [0.25, 0.3) is 21.2 Å². The third-order valence-corrected chi connectivity index (χ3v) is 5.40. The molecule has 0 saturated heterocycles. The minimum Gasteiger partial charge on any atom is -0.459 e. The molecule has 0 saturated carbocycles. The van der Waals surface area contributed by atoms with Crippen LogP contribution in [0.15, 0.2) is 46.9 Å². The van der Waals surface area contributed by atoms with E-state index in [9.17, 15) is 18.0 Å². The number of alkyl halides is 3. The van der Waals surface area contributed by atoms with Gasteiger partial charge < -0.3 is 9.73 Å². The number of carbonyl (C=O) groups excluding carboxylic acids is 1. The lowest BCUT2D eigenvalue weighted by Crippen LogP contribution is -2.22. The highest BCUT2D eigenvalue weighted by atomic mass is 32.1. The first-order chi connectivity index (χ1) is 12.8. The summed E-state index contributed by atoms with van der Waals surface area (Å²) >= 11 is 0.949. The molecule has 0 spiro atoms. The molecular weight excluding hydrogens is 377 g/mol. The molecule has 0 aliphatic heterocycles. The highest BCUT2D eigenvalue weighted by Crippen LogP contribution is 2.34. The Morgan fingerprint density at radius 2 is 2.00 bits per heavy atom. The zero-order chi connectivity index (χ0) is 19.2. The van der Waals surface area contributed by atoms with Gasteiger partial charge in [-0.1, -0.05) is 18.2 Å². The first-order valence-corrected chi connectivity index (χ1v) is 8.87. The molecule has 0 unspecified atom stereocenters. The van der Waals surface area contributed by atoms with Gasteiger partial charge in [0, 0.05) is 10.8 Å². The SMILES string of the molecule is Cc1c(C(=O)NCc2cc3ccccc3o2)sc2nc(C(F)(F)F)ccc12. The van der Waals surface area contributed by atoms with Gasteiger partial charge in [0.15, 0.2) is 0 Å². The van der Waals surface area contributed by atoms with Gasteiger partial charge in [0.1, 0.15) is 21.9 Å². The van der Waals surface area contributed by atoms with Crippen LogP contribution < -0.4 is 5.32 Å². The number of pyridine rings is 1. The van der Waals surface area contributed by atoms with Gasteiger partial charge in [-0.25, -0.2) is 4.98 Å². The zero-order valence-electron chi connectivity index (χ0n) is 14.1. The maximum absolute atomic E-state index is 12.8. The molecule has 0 aliphatic carbocycles. The van der Waals surface area contributed by atoms with Gasteiger partial charge in [-0.2, -0.15) is 13.2 Å². The van der Waals surface area contributed by atoms with Crippen LogP contribution in [0.1, 0.15) is 26.7 Å². The molecule has 3 aromatic heterocycles. The second-order valence-corrected chi connectivity index (χ2v) is 7.04. The number of para-hydroxylation sites is 1. The number of fused-ring (bicyclic) bond motifs is 2. The van der Waals surface area contributed by atoms with Crippen LogP contribution in [-0.4, -0.2) is 10.9 Å². The van der Waals surface area contributed by atoms with E-state index in [1.807, 2.05) is 30.3 Å². The second-order valence-electron chi connectivity index (χ2n) is 6.04. The second kappa shape index (κ2) is 6.38. The lowest BCUT2D eigenvalue weighted by atomic mass is 10.2. The molecule has 0 aliphatic rings. The fourth-order valence-corrected chi connectivity index (χ4v) is 3.94. The van der Waals surface area contributed by atoms with Crippen molar-refractivity contribution < 1.29 is 22.4 Å². The van der Waals surface area contributed by atoms with E-state index >= 15 is 0 Å². The molecule has 0 fully saturated rings. The van der Waals surface area contributed by atoms with Gasteiger partial charge in [0.25, 0.3) is 5.91 Å². The molecule has 0 bridgehead atoms. The first-order valence-electron chi connectivity index (χ1n) is 8.06. The van der Waals surface area contributed by atoms with Gasteiger partial charge in [-0.05, 0) is 36.8 Å². The van der Waals surface area contributed by atoms with Crippen molar-refractivity contribution >= 4 is 38.4 Å². The van der Waals surface area contributed by atoms with E-state index < -0.39 is 11.9 Å². The van der Waals surface area contributed by atoms with E-state index in [-0.39, 0.29) is 17.3 Å². The molecule has 4 nitrogen and oxygen atoms in total. The van der Waals surface area contributed by atoms with Crippen molar-refractivity contribution in [1.82, 2.24) is 10.3 Å². The number of hydrogen-bond acceptors (Lipinski definition) is 4. The average molecular weight is 390 g/mol. The highest BCUT2D eigenvalue weighted by Gasteiger charge is 2.33. The Morgan fingerprint density at radius 1 is 1.22 bits per heavy atom. The maximum atomic E-state index is 12.8. The molecule has 1 aromatic carbocycles. The molecule has 1 amide bonds. The van der Waals surface area contributed by atoms with E-state index in [1.54, 1.807) is 6.92 Å². The zero-order valence-corrected chi connectivity index (χ0v) is 14.9. The minimum absolute atomic E-state index is 0.183. The molecule has 0 atom stereocenters. The quantitative estimate of drug-likeness (QED) is 0.516. The molecule has 4 aromatic rings. The third kappa shape index (κ3) is 3.28. The Balaban J connectivity index is 1.57. The summed E-state index contributed by atoms with van der Waals surface area (Å²) in [6, 6.07) is 11.6. The van der Waals surface area contributed by atoms with E-state index in [0.29, 0.717) is 21.6 Å². The van der Waals surface area contributed by atoms with Crippen LogP contribution in [0.2, 0.25) is 0 Å². The van der Waals surface area contributed by atoms with Crippen molar-refractivity contribution in [2.24, 2.45) is 0 Å². The van der Waals surface area contributed by atoms with Crippen LogP contribution in [0.4, 0.5) is 13.2 Å². The number of carbonyl (C=O) groups is 1. The van der Waals surface area contributed by atoms with Crippen molar-refractivity contribution in [2.75, 3.05) is 0 Å². The van der Waals surface area contributed by atoms with Gasteiger partial charge >= 0.3 is 6.18 Å². The number of halogens is 3. The maximum Gasteiger partial charge on any atom is 0.433 e. The number of rotatable bonds is 3. The van der Waals surface area contributed by atoms with Crippen molar-refractivity contribution in [1.29, 1.82) is 0 Å². The lowest BCUT2D eigenvalue weighted by Gasteiger charge is -2.04. The monoisotopic (exact) mass is 390 g/mol.